The molecule has 0 radical (unpaired) electrons. The molecule has 2 heterocycles. The molecular weight excluding hydrogens is 737 g/mol. The quantitative estimate of drug-likeness (QED) is 0.132. The maximum absolute atomic E-state index is 5.35. The second kappa shape index (κ2) is 13.0. The third-order valence-corrected chi connectivity index (χ3v) is 13.3. The molecule has 0 N–H and O–H groups in total. The van der Waals surface area contributed by atoms with Crippen molar-refractivity contribution >= 4 is 64.9 Å². The van der Waals surface area contributed by atoms with E-state index >= 15 is 0 Å². The number of hydrogen-bond donors (Lipinski definition) is 0. The van der Waals surface area contributed by atoms with Gasteiger partial charge in [-0.05, 0) is 118 Å². The first-order valence-corrected chi connectivity index (χ1v) is 21.1. The topological polar surface area (TPSA) is 25.8 Å². The van der Waals surface area contributed by atoms with Crippen LogP contribution in [0.4, 0.5) is 0 Å². The minimum Gasteiger partial charge on any atom is -0.254 e. The fraction of sp³-hybridized carbons (Fsp3) is 0.0169. The third kappa shape index (κ3) is 4.85. The molecule has 0 atom stereocenters. The number of fused-ring (bicyclic) bond motifs is 12. The van der Waals surface area contributed by atoms with Crippen LogP contribution in [0, 0.1) is 0 Å². The van der Waals surface area contributed by atoms with Crippen LogP contribution in [0.25, 0.3) is 98.4 Å². The molecule has 0 saturated heterocycles. The van der Waals surface area contributed by atoms with Crippen molar-refractivity contribution in [3.8, 4) is 33.5 Å². The highest BCUT2D eigenvalue weighted by Crippen LogP contribution is 2.59. The van der Waals surface area contributed by atoms with Gasteiger partial charge in [-0.1, -0.05) is 182 Å². The summed E-state index contributed by atoms with van der Waals surface area (Å²) in [6.07, 6.45) is 1.86. The van der Waals surface area contributed by atoms with Gasteiger partial charge in [0.25, 0.3) is 0 Å². The molecule has 282 valence electrons. The van der Waals surface area contributed by atoms with Crippen molar-refractivity contribution in [2.75, 3.05) is 0 Å². The molecule has 2 heteroatoms. The summed E-state index contributed by atoms with van der Waals surface area (Å²) in [5.74, 6) is 0. The van der Waals surface area contributed by atoms with Gasteiger partial charge < -0.3 is 0 Å². The van der Waals surface area contributed by atoms with E-state index in [0.717, 1.165) is 33.1 Å². The van der Waals surface area contributed by atoms with E-state index in [1.807, 2.05) is 12.3 Å². The van der Waals surface area contributed by atoms with Crippen molar-refractivity contribution in [2.24, 2.45) is 0 Å². The minimum atomic E-state index is -0.515. The Morgan fingerprint density at radius 2 is 0.902 bits per heavy atom. The van der Waals surface area contributed by atoms with Gasteiger partial charge in [-0.2, -0.15) is 0 Å². The number of nitrogens with zero attached hydrogens (tertiary/aromatic N) is 2. The molecular formula is C59H36N2. The molecule has 0 fully saturated rings. The van der Waals surface area contributed by atoms with E-state index in [4.69, 9.17) is 9.97 Å². The molecule has 1 aliphatic rings. The Morgan fingerprint density at radius 1 is 0.328 bits per heavy atom. The maximum atomic E-state index is 5.35. The van der Waals surface area contributed by atoms with E-state index < -0.39 is 5.41 Å². The largest absolute Gasteiger partial charge is 0.254 e. The van der Waals surface area contributed by atoms with Gasteiger partial charge in [0.2, 0.25) is 0 Å². The molecule has 2 nitrogen and oxygen atoms in total. The Balaban J connectivity index is 1.12. The molecule has 12 aromatic rings. The zero-order valence-electron chi connectivity index (χ0n) is 33.2. The van der Waals surface area contributed by atoms with Crippen molar-refractivity contribution in [3.63, 3.8) is 0 Å². The van der Waals surface area contributed by atoms with E-state index in [1.54, 1.807) is 0 Å². The van der Waals surface area contributed by atoms with Crippen LogP contribution in [-0.2, 0) is 5.41 Å². The van der Waals surface area contributed by atoms with Crippen LogP contribution in [0.15, 0.2) is 219 Å². The summed E-state index contributed by atoms with van der Waals surface area (Å²) >= 11 is 0. The lowest BCUT2D eigenvalue weighted by Gasteiger charge is -2.35. The Kier molecular flexibility index (Phi) is 7.26. The van der Waals surface area contributed by atoms with Gasteiger partial charge in [0.05, 0.1) is 22.1 Å². The first-order valence-electron chi connectivity index (χ1n) is 21.1. The molecule has 0 unspecified atom stereocenters. The van der Waals surface area contributed by atoms with E-state index in [1.165, 1.54) is 87.6 Å². The standard InChI is InChI=1S/C59H36N2/c1-3-17-42(18-4-1)59(43-19-5-2-6-20-43)53-24-12-11-22-46(53)49-29-27-41-36-50(44-21-9-10-23-48(44)55(41)56(49)59)45-30-31-47(52-35-40-15-8-7-14-39(40)34-51(45)52)54-32-28-38-26-25-37-16-13-33-60-57(37)58(38)61-54/h1-36H. The van der Waals surface area contributed by atoms with Gasteiger partial charge in [-0.15, -0.1) is 0 Å². The molecule has 1 aliphatic carbocycles. The van der Waals surface area contributed by atoms with E-state index in [-0.39, 0.29) is 0 Å². The summed E-state index contributed by atoms with van der Waals surface area (Å²) in [7, 11) is 0. The smallest absolute Gasteiger partial charge is 0.0972 e. The van der Waals surface area contributed by atoms with Gasteiger partial charge in [-0.3, -0.25) is 4.98 Å². The number of pyridine rings is 2. The van der Waals surface area contributed by atoms with Gasteiger partial charge in [0, 0.05) is 22.5 Å². The first kappa shape index (κ1) is 34.0. The summed E-state index contributed by atoms with van der Waals surface area (Å²) in [4.78, 5) is 10.1. The summed E-state index contributed by atoms with van der Waals surface area (Å²) in [6, 6.07) is 78.3. The van der Waals surface area contributed by atoms with Crippen molar-refractivity contribution in [2.45, 2.75) is 5.41 Å². The lowest BCUT2D eigenvalue weighted by atomic mass is 9.66. The number of benzene rings is 10. The summed E-state index contributed by atoms with van der Waals surface area (Å²) in [5.41, 5.74) is 13.6. The highest BCUT2D eigenvalue weighted by Gasteiger charge is 2.47. The van der Waals surface area contributed by atoms with Crippen LogP contribution < -0.4 is 0 Å². The molecule has 0 amide bonds. The van der Waals surface area contributed by atoms with Gasteiger partial charge in [0.1, 0.15) is 0 Å². The number of aromatic nitrogens is 2. The summed E-state index contributed by atoms with van der Waals surface area (Å²) in [6.45, 7) is 0. The Hall–Kier alpha value is -7.94. The maximum Gasteiger partial charge on any atom is 0.0972 e. The molecule has 0 saturated carbocycles. The minimum absolute atomic E-state index is 0.515. The lowest BCUT2D eigenvalue weighted by molar-refractivity contribution is 0.776. The number of rotatable bonds is 4. The average molecular weight is 773 g/mol. The average Bonchev–Trinajstić information content (AvgIpc) is 3.64. The van der Waals surface area contributed by atoms with Crippen molar-refractivity contribution in [1.29, 1.82) is 0 Å². The molecule has 10 aromatic carbocycles. The van der Waals surface area contributed by atoms with Crippen molar-refractivity contribution < 1.29 is 0 Å². The Bertz CT molecular complexity index is 3720. The zero-order chi connectivity index (χ0) is 40.1. The fourth-order valence-electron chi connectivity index (χ4n) is 10.7. The monoisotopic (exact) mass is 772 g/mol. The first-order chi connectivity index (χ1) is 30.3. The second-order valence-electron chi connectivity index (χ2n) is 16.4. The van der Waals surface area contributed by atoms with Crippen LogP contribution in [0.2, 0.25) is 0 Å². The predicted octanol–water partition coefficient (Wildman–Crippen LogP) is 15.1. The fourth-order valence-corrected chi connectivity index (χ4v) is 10.7. The molecule has 0 bridgehead atoms. The van der Waals surface area contributed by atoms with Crippen LogP contribution in [0.5, 0.6) is 0 Å². The van der Waals surface area contributed by atoms with E-state index in [9.17, 15) is 0 Å². The normalized spacial score (nSPS) is 13.0. The van der Waals surface area contributed by atoms with Crippen molar-refractivity contribution in [1.82, 2.24) is 9.97 Å². The summed E-state index contributed by atoms with van der Waals surface area (Å²) in [5, 5.41) is 12.0. The number of hydrogen-bond acceptors (Lipinski definition) is 2. The van der Waals surface area contributed by atoms with Gasteiger partial charge >= 0.3 is 0 Å². The van der Waals surface area contributed by atoms with Crippen LogP contribution >= 0.6 is 0 Å². The highest BCUT2D eigenvalue weighted by molar-refractivity contribution is 6.21. The molecule has 0 aliphatic heterocycles. The van der Waals surface area contributed by atoms with Crippen LogP contribution in [-0.4, -0.2) is 9.97 Å². The summed E-state index contributed by atoms with van der Waals surface area (Å²) < 4.78 is 0. The predicted molar refractivity (Wildman–Crippen MR) is 255 cm³/mol. The van der Waals surface area contributed by atoms with Gasteiger partial charge in [-0.25, -0.2) is 4.98 Å². The molecule has 61 heavy (non-hydrogen) atoms. The third-order valence-electron chi connectivity index (χ3n) is 13.3. The second-order valence-corrected chi connectivity index (χ2v) is 16.4. The molecule has 0 spiro atoms. The van der Waals surface area contributed by atoms with Crippen molar-refractivity contribution in [3.05, 3.63) is 241 Å². The zero-order valence-corrected chi connectivity index (χ0v) is 33.2. The molecule has 2 aromatic heterocycles. The SMILES string of the molecule is c1ccc(C2(c3ccccc3)c3ccccc3-c3ccc4cc(-c5ccc(-c6ccc7ccc8cccnc8c7n6)c6cc7ccccc7cc56)c5ccccc5c4c32)cc1. The van der Waals surface area contributed by atoms with E-state index in [0.29, 0.717) is 0 Å². The van der Waals surface area contributed by atoms with Gasteiger partial charge in [0.15, 0.2) is 0 Å². The van der Waals surface area contributed by atoms with Crippen LogP contribution in [0.1, 0.15) is 22.3 Å². The Labute approximate surface area is 353 Å². The Morgan fingerprint density at radius 3 is 1.67 bits per heavy atom. The van der Waals surface area contributed by atoms with Crippen LogP contribution in [0.3, 0.4) is 0 Å². The highest BCUT2D eigenvalue weighted by atomic mass is 14.8. The lowest BCUT2D eigenvalue weighted by Crippen LogP contribution is -2.28. The van der Waals surface area contributed by atoms with E-state index in [2.05, 4.69) is 206 Å². The molecule has 13 rings (SSSR count).